The van der Waals surface area contributed by atoms with Crippen LogP contribution < -0.4 is 4.74 Å². The molecule has 0 aliphatic carbocycles. The summed E-state index contributed by atoms with van der Waals surface area (Å²) in [5, 5.41) is 9.45. The highest BCUT2D eigenvalue weighted by Gasteiger charge is 2.06. The summed E-state index contributed by atoms with van der Waals surface area (Å²) in [7, 11) is 1.59. The molecule has 0 aliphatic rings. The van der Waals surface area contributed by atoms with Crippen molar-refractivity contribution < 1.29 is 9.84 Å². The van der Waals surface area contributed by atoms with Crippen molar-refractivity contribution in [2.45, 2.75) is 6.10 Å². The molecule has 13 heavy (non-hydrogen) atoms. The minimum absolute atomic E-state index is 0.637. The molecule has 0 heterocycles. The Morgan fingerprint density at radius 2 is 2.31 bits per heavy atom. The standard InChI is InChI=1S/C10H11BrO2/c1-3-9(12)7-4-5-8(11)10(6-7)13-2/h3-6,9,12H,1H2,2H3. The Bertz CT molecular complexity index is 310. The van der Waals surface area contributed by atoms with Crippen LogP contribution in [0, 0.1) is 0 Å². The summed E-state index contributed by atoms with van der Waals surface area (Å²) in [4.78, 5) is 0. The zero-order chi connectivity index (χ0) is 9.84. The van der Waals surface area contributed by atoms with Gasteiger partial charge in [0.1, 0.15) is 5.75 Å². The summed E-state index contributed by atoms with van der Waals surface area (Å²) >= 11 is 3.33. The molecule has 1 aromatic carbocycles. The van der Waals surface area contributed by atoms with Gasteiger partial charge in [0.25, 0.3) is 0 Å². The zero-order valence-corrected chi connectivity index (χ0v) is 8.91. The van der Waals surface area contributed by atoms with E-state index in [-0.39, 0.29) is 0 Å². The Labute approximate surface area is 86.0 Å². The van der Waals surface area contributed by atoms with Gasteiger partial charge in [0.2, 0.25) is 0 Å². The summed E-state index contributed by atoms with van der Waals surface area (Å²) in [5.41, 5.74) is 0.773. The van der Waals surface area contributed by atoms with Crippen LogP contribution in [0.25, 0.3) is 0 Å². The minimum atomic E-state index is -0.637. The molecule has 1 N–H and O–H groups in total. The van der Waals surface area contributed by atoms with Crippen LogP contribution in [0.5, 0.6) is 5.75 Å². The third-order valence-corrected chi connectivity index (χ3v) is 2.40. The van der Waals surface area contributed by atoms with Crippen molar-refractivity contribution in [1.29, 1.82) is 0 Å². The molecule has 0 bridgehead atoms. The fraction of sp³-hybridized carbons (Fsp3) is 0.200. The SMILES string of the molecule is C=CC(O)c1ccc(Br)c(OC)c1. The molecule has 70 valence electrons. The van der Waals surface area contributed by atoms with Gasteiger partial charge in [0, 0.05) is 0 Å². The second kappa shape index (κ2) is 4.44. The van der Waals surface area contributed by atoms with Crippen LogP contribution >= 0.6 is 15.9 Å². The van der Waals surface area contributed by atoms with E-state index in [4.69, 9.17) is 4.74 Å². The van der Waals surface area contributed by atoms with Gasteiger partial charge >= 0.3 is 0 Å². The van der Waals surface area contributed by atoms with Gasteiger partial charge in [-0.3, -0.25) is 0 Å². The first kappa shape index (κ1) is 10.3. The predicted molar refractivity (Wildman–Crippen MR) is 55.9 cm³/mol. The van der Waals surface area contributed by atoms with Crippen LogP contribution in [0.1, 0.15) is 11.7 Å². The molecule has 1 rings (SSSR count). The average molecular weight is 243 g/mol. The molecule has 0 radical (unpaired) electrons. The first-order valence-electron chi connectivity index (χ1n) is 3.83. The van der Waals surface area contributed by atoms with Gasteiger partial charge in [0.15, 0.2) is 0 Å². The third kappa shape index (κ3) is 2.32. The number of hydrogen-bond acceptors (Lipinski definition) is 2. The summed E-state index contributed by atoms with van der Waals surface area (Å²) < 4.78 is 5.96. The second-order valence-corrected chi connectivity index (χ2v) is 3.43. The Hall–Kier alpha value is -0.800. The van der Waals surface area contributed by atoms with E-state index in [0.717, 1.165) is 10.0 Å². The molecule has 0 saturated carbocycles. The van der Waals surface area contributed by atoms with Crippen molar-refractivity contribution >= 4 is 15.9 Å². The molecule has 0 spiro atoms. The summed E-state index contributed by atoms with van der Waals surface area (Å²) in [6, 6.07) is 5.43. The van der Waals surface area contributed by atoms with Crippen molar-refractivity contribution in [2.24, 2.45) is 0 Å². The molecule has 0 aromatic heterocycles. The van der Waals surface area contributed by atoms with E-state index in [1.54, 1.807) is 13.2 Å². The van der Waals surface area contributed by atoms with Gasteiger partial charge in [-0.05, 0) is 33.6 Å². The van der Waals surface area contributed by atoms with Crippen molar-refractivity contribution in [1.82, 2.24) is 0 Å². The average Bonchev–Trinajstić information content (AvgIpc) is 2.17. The monoisotopic (exact) mass is 242 g/mol. The second-order valence-electron chi connectivity index (χ2n) is 2.57. The number of aliphatic hydroxyl groups excluding tert-OH is 1. The van der Waals surface area contributed by atoms with E-state index in [0.29, 0.717) is 5.75 Å². The number of ether oxygens (including phenoxy) is 1. The van der Waals surface area contributed by atoms with Crippen molar-refractivity contribution in [3.05, 3.63) is 40.9 Å². The van der Waals surface area contributed by atoms with Crippen LogP contribution in [-0.2, 0) is 0 Å². The predicted octanol–water partition coefficient (Wildman–Crippen LogP) is 2.68. The molecule has 2 nitrogen and oxygen atoms in total. The largest absolute Gasteiger partial charge is 0.496 e. The topological polar surface area (TPSA) is 29.5 Å². The molecule has 0 saturated heterocycles. The summed E-state index contributed by atoms with van der Waals surface area (Å²) in [5.74, 6) is 0.707. The quantitative estimate of drug-likeness (QED) is 0.827. The lowest BCUT2D eigenvalue weighted by Gasteiger charge is -2.08. The lowest BCUT2D eigenvalue weighted by molar-refractivity contribution is 0.228. The zero-order valence-electron chi connectivity index (χ0n) is 7.33. The number of halogens is 1. The fourth-order valence-corrected chi connectivity index (χ4v) is 1.40. The number of methoxy groups -OCH3 is 1. The molecule has 1 aromatic rings. The third-order valence-electron chi connectivity index (χ3n) is 1.74. The molecule has 1 atom stereocenters. The Kier molecular flexibility index (Phi) is 3.51. The highest BCUT2D eigenvalue weighted by molar-refractivity contribution is 9.10. The van der Waals surface area contributed by atoms with E-state index < -0.39 is 6.10 Å². The molecule has 0 aliphatic heterocycles. The van der Waals surface area contributed by atoms with Crippen molar-refractivity contribution in [2.75, 3.05) is 7.11 Å². The molecular formula is C10H11BrO2. The first-order chi connectivity index (χ1) is 6.19. The highest BCUT2D eigenvalue weighted by atomic mass is 79.9. The molecular weight excluding hydrogens is 232 g/mol. The number of rotatable bonds is 3. The Morgan fingerprint density at radius 3 is 2.85 bits per heavy atom. The van der Waals surface area contributed by atoms with Crippen LogP contribution in [-0.4, -0.2) is 12.2 Å². The van der Waals surface area contributed by atoms with Crippen LogP contribution in [0.15, 0.2) is 35.3 Å². The Balaban J connectivity index is 3.05. The van der Waals surface area contributed by atoms with E-state index >= 15 is 0 Å². The van der Waals surface area contributed by atoms with Crippen LogP contribution in [0.4, 0.5) is 0 Å². The van der Waals surface area contributed by atoms with Crippen LogP contribution in [0.3, 0.4) is 0 Å². The maximum absolute atomic E-state index is 9.45. The lowest BCUT2D eigenvalue weighted by atomic mass is 10.1. The fourth-order valence-electron chi connectivity index (χ4n) is 0.996. The van der Waals surface area contributed by atoms with E-state index in [1.165, 1.54) is 6.08 Å². The Morgan fingerprint density at radius 1 is 1.62 bits per heavy atom. The highest BCUT2D eigenvalue weighted by Crippen LogP contribution is 2.28. The van der Waals surface area contributed by atoms with Crippen molar-refractivity contribution in [3.63, 3.8) is 0 Å². The first-order valence-corrected chi connectivity index (χ1v) is 4.62. The lowest BCUT2D eigenvalue weighted by Crippen LogP contribution is -1.94. The van der Waals surface area contributed by atoms with E-state index in [1.807, 2.05) is 12.1 Å². The normalized spacial score (nSPS) is 12.2. The van der Waals surface area contributed by atoms with Gasteiger partial charge in [-0.1, -0.05) is 12.1 Å². The van der Waals surface area contributed by atoms with Gasteiger partial charge in [0.05, 0.1) is 17.7 Å². The maximum atomic E-state index is 9.45. The number of benzene rings is 1. The smallest absolute Gasteiger partial charge is 0.133 e. The number of aliphatic hydroxyl groups is 1. The molecule has 1 unspecified atom stereocenters. The molecule has 0 amide bonds. The minimum Gasteiger partial charge on any atom is -0.496 e. The van der Waals surface area contributed by atoms with Gasteiger partial charge in [-0.2, -0.15) is 0 Å². The van der Waals surface area contributed by atoms with E-state index in [2.05, 4.69) is 22.5 Å². The summed E-state index contributed by atoms with van der Waals surface area (Å²) in [6.07, 6.45) is 0.838. The molecule has 0 fully saturated rings. The van der Waals surface area contributed by atoms with Gasteiger partial charge < -0.3 is 9.84 Å². The molecule has 3 heteroatoms. The summed E-state index contributed by atoms with van der Waals surface area (Å²) in [6.45, 7) is 3.51. The maximum Gasteiger partial charge on any atom is 0.133 e. The van der Waals surface area contributed by atoms with Crippen LogP contribution in [0.2, 0.25) is 0 Å². The van der Waals surface area contributed by atoms with Gasteiger partial charge in [-0.25, -0.2) is 0 Å². The van der Waals surface area contributed by atoms with E-state index in [9.17, 15) is 5.11 Å². The van der Waals surface area contributed by atoms with Crippen molar-refractivity contribution in [3.8, 4) is 5.75 Å². The van der Waals surface area contributed by atoms with Gasteiger partial charge in [-0.15, -0.1) is 6.58 Å². The number of hydrogen-bond donors (Lipinski definition) is 1.